The number of nitrogens with one attached hydrogen (secondary N) is 1. The van der Waals surface area contributed by atoms with E-state index in [4.69, 9.17) is 0 Å². The van der Waals surface area contributed by atoms with E-state index in [1.165, 1.54) is 12.2 Å². The fourth-order valence-corrected chi connectivity index (χ4v) is 2.42. The maximum Gasteiger partial charge on any atom is 0.245 e. The number of rotatable bonds is 9. The molecule has 0 aromatic rings. The molecule has 0 radical (unpaired) electrons. The number of nitrogens with zero attached hydrogens (tertiary/aromatic N) is 1. The molecule has 1 atom stereocenters. The molecule has 1 unspecified atom stereocenters. The predicted molar refractivity (Wildman–Crippen MR) is 83.2 cm³/mol. The fourth-order valence-electron chi connectivity index (χ4n) is 2.42. The highest BCUT2D eigenvalue weighted by atomic mass is 16.2. The van der Waals surface area contributed by atoms with Crippen molar-refractivity contribution >= 4 is 11.8 Å². The summed E-state index contributed by atoms with van der Waals surface area (Å²) in [7, 11) is 1.79. The van der Waals surface area contributed by atoms with Crippen LogP contribution in [0.3, 0.4) is 0 Å². The molecular formula is C16H28N2O2. The second kappa shape index (κ2) is 8.56. The third kappa shape index (κ3) is 7.77. The topological polar surface area (TPSA) is 49.4 Å². The largest absolute Gasteiger partial charge is 0.353 e. The van der Waals surface area contributed by atoms with Crippen LogP contribution in [0, 0.1) is 11.3 Å². The normalized spacial score (nSPS) is 12.4. The van der Waals surface area contributed by atoms with E-state index < -0.39 is 0 Å². The van der Waals surface area contributed by atoms with Crippen LogP contribution in [0.2, 0.25) is 0 Å². The molecule has 0 saturated heterocycles. The predicted octanol–water partition coefficient (Wildman–Crippen LogP) is 2.38. The van der Waals surface area contributed by atoms with Gasteiger partial charge in [0, 0.05) is 20.1 Å². The van der Waals surface area contributed by atoms with Crippen LogP contribution in [0.1, 0.15) is 33.6 Å². The first-order valence-electron chi connectivity index (χ1n) is 6.99. The lowest BCUT2D eigenvalue weighted by molar-refractivity contribution is -0.125. The van der Waals surface area contributed by atoms with E-state index in [-0.39, 0.29) is 17.2 Å². The SMILES string of the molecule is C=CC(=O)NCCC(C)(C)CC(C)CN(C)C(=O)C=C. The van der Waals surface area contributed by atoms with Crippen molar-refractivity contribution in [3.05, 3.63) is 25.3 Å². The minimum Gasteiger partial charge on any atom is -0.353 e. The molecule has 114 valence electrons. The van der Waals surface area contributed by atoms with Crippen LogP contribution in [0.15, 0.2) is 25.3 Å². The number of hydrogen-bond acceptors (Lipinski definition) is 2. The summed E-state index contributed by atoms with van der Waals surface area (Å²) in [5.74, 6) is 0.215. The quantitative estimate of drug-likeness (QED) is 0.659. The summed E-state index contributed by atoms with van der Waals surface area (Å²) in [5.41, 5.74) is 0.117. The van der Waals surface area contributed by atoms with E-state index in [1.54, 1.807) is 11.9 Å². The average Bonchev–Trinajstić information content (AvgIpc) is 2.36. The molecule has 0 aromatic heterocycles. The summed E-state index contributed by atoms with van der Waals surface area (Å²) in [6, 6.07) is 0. The number of carbonyl (C=O) groups excluding carboxylic acids is 2. The van der Waals surface area contributed by atoms with Gasteiger partial charge in [0.25, 0.3) is 0 Å². The molecule has 0 aliphatic heterocycles. The second-order valence-corrected chi connectivity index (χ2v) is 6.14. The Hall–Kier alpha value is -1.58. The molecule has 0 heterocycles. The molecule has 0 aliphatic rings. The van der Waals surface area contributed by atoms with Gasteiger partial charge in [-0.25, -0.2) is 0 Å². The van der Waals surface area contributed by atoms with Crippen LogP contribution >= 0.6 is 0 Å². The Morgan fingerprint density at radius 1 is 1.30 bits per heavy atom. The zero-order valence-electron chi connectivity index (χ0n) is 13.2. The van der Waals surface area contributed by atoms with Crippen molar-refractivity contribution in [2.75, 3.05) is 20.1 Å². The summed E-state index contributed by atoms with van der Waals surface area (Å²) in [5, 5.41) is 2.80. The Morgan fingerprint density at radius 2 is 1.90 bits per heavy atom. The van der Waals surface area contributed by atoms with Gasteiger partial charge in [0.1, 0.15) is 0 Å². The highest BCUT2D eigenvalue weighted by Gasteiger charge is 2.22. The molecule has 0 aromatic carbocycles. The smallest absolute Gasteiger partial charge is 0.245 e. The van der Waals surface area contributed by atoms with Crippen LogP contribution in [0.25, 0.3) is 0 Å². The molecule has 0 saturated carbocycles. The lowest BCUT2D eigenvalue weighted by Crippen LogP contribution is -2.32. The lowest BCUT2D eigenvalue weighted by atomic mass is 9.80. The molecule has 4 nitrogen and oxygen atoms in total. The zero-order valence-corrected chi connectivity index (χ0v) is 13.2. The molecule has 2 amide bonds. The average molecular weight is 280 g/mol. The minimum absolute atomic E-state index is 0.0482. The highest BCUT2D eigenvalue weighted by Crippen LogP contribution is 2.29. The monoisotopic (exact) mass is 280 g/mol. The first kappa shape index (κ1) is 18.4. The van der Waals surface area contributed by atoms with Gasteiger partial charge in [-0.2, -0.15) is 0 Å². The summed E-state index contributed by atoms with van der Waals surface area (Å²) in [6.07, 6.45) is 4.51. The number of likely N-dealkylation sites (N-methyl/N-ethyl adjacent to an activating group) is 1. The number of hydrogen-bond donors (Lipinski definition) is 1. The Balaban J connectivity index is 4.17. The van der Waals surface area contributed by atoms with Gasteiger partial charge in [0.05, 0.1) is 0 Å². The Morgan fingerprint density at radius 3 is 2.40 bits per heavy atom. The summed E-state index contributed by atoms with van der Waals surface area (Å²) in [6.45, 7) is 14.8. The Kier molecular flexibility index (Phi) is 7.89. The zero-order chi connectivity index (χ0) is 15.8. The van der Waals surface area contributed by atoms with E-state index in [2.05, 4.69) is 39.2 Å². The van der Waals surface area contributed by atoms with E-state index in [9.17, 15) is 9.59 Å². The van der Waals surface area contributed by atoms with Gasteiger partial charge in [0.15, 0.2) is 0 Å². The van der Waals surface area contributed by atoms with E-state index in [1.807, 2.05) is 0 Å². The molecule has 4 heteroatoms. The van der Waals surface area contributed by atoms with Gasteiger partial charge >= 0.3 is 0 Å². The summed E-state index contributed by atoms with van der Waals surface area (Å²) in [4.78, 5) is 24.2. The van der Waals surface area contributed by atoms with Gasteiger partial charge in [-0.15, -0.1) is 0 Å². The van der Waals surface area contributed by atoms with Crippen molar-refractivity contribution in [1.29, 1.82) is 0 Å². The molecule has 0 bridgehead atoms. The van der Waals surface area contributed by atoms with Crippen molar-refractivity contribution in [3.63, 3.8) is 0 Å². The van der Waals surface area contributed by atoms with Gasteiger partial charge in [0.2, 0.25) is 11.8 Å². The second-order valence-electron chi connectivity index (χ2n) is 6.14. The maximum absolute atomic E-state index is 11.4. The van der Waals surface area contributed by atoms with Crippen molar-refractivity contribution in [1.82, 2.24) is 10.2 Å². The first-order valence-corrected chi connectivity index (χ1v) is 6.99. The van der Waals surface area contributed by atoms with Crippen LogP contribution in [-0.4, -0.2) is 36.9 Å². The molecule has 1 N–H and O–H groups in total. The Bertz CT molecular complexity index is 361. The third-order valence-electron chi connectivity index (χ3n) is 3.32. The van der Waals surface area contributed by atoms with Gasteiger partial charge in [-0.05, 0) is 36.3 Å². The molecule has 0 fully saturated rings. The minimum atomic E-state index is -0.134. The summed E-state index contributed by atoms with van der Waals surface area (Å²) >= 11 is 0. The van der Waals surface area contributed by atoms with Crippen LogP contribution in [0.4, 0.5) is 0 Å². The third-order valence-corrected chi connectivity index (χ3v) is 3.32. The Labute approximate surface area is 122 Å². The molecule has 0 spiro atoms. The van der Waals surface area contributed by atoms with Gasteiger partial charge < -0.3 is 10.2 Å². The van der Waals surface area contributed by atoms with E-state index >= 15 is 0 Å². The van der Waals surface area contributed by atoms with Crippen molar-refractivity contribution < 1.29 is 9.59 Å². The molecule has 0 aliphatic carbocycles. The molecule has 0 rings (SSSR count). The standard InChI is InChI=1S/C16H28N2O2/c1-7-14(19)17-10-9-16(4,5)11-13(3)12-18(6)15(20)8-2/h7-8,13H,1-2,9-12H2,3-6H3,(H,17,19). The molecule has 20 heavy (non-hydrogen) atoms. The van der Waals surface area contributed by atoms with Crippen LogP contribution in [0.5, 0.6) is 0 Å². The highest BCUT2D eigenvalue weighted by molar-refractivity contribution is 5.87. The summed E-state index contributed by atoms with van der Waals surface area (Å²) < 4.78 is 0. The van der Waals surface area contributed by atoms with Crippen molar-refractivity contribution in [3.8, 4) is 0 Å². The maximum atomic E-state index is 11.4. The molecular weight excluding hydrogens is 252 g/mol. The first-order chi connectivity index (χ1) is 9.21. The van der Waals surface area contributed by atoms with E-state index in [0.717, 1.165) is 12.8 Å². The number of carbonyl (C=O) groups is 2. The van der Waals surface area contributed by atoms with Crippen LogP contribution < -0.4 is 5.32 Å². The van der Waals surface area contributed by atoms with Gasteiger partial charge in [-0.3, -0.25) is 9.59 Å². The number of amides is 2. The van der Waals surface area contributed by atoms with Gasteiger partial charge in [-0.1, -0.05) is 33.9 Å². The van der Waals surface area contributed by atoms with Crippen LogP contribution in [-0.2, 0) is 9.59 Å². The van der Waals surface area contributed by atoms with Crippen molar-refractivity contribution in [2.24, 2.45) is 11.3 Å². The lowest BCUT2D eigenvalue weighted by Gasteiger charge is -2.30. The fraction of sp³-hybridized carbons (Fsp3) is 0.625. The van der Waals surface area contributed by atoms with Crippen molar-refractivity contribution in [2.45, 2.75) is 33.6 Å². The van der Waals surface area contributed by atoms with E-state index in [0.29, 0.717) is 19.0 Å².